The number of nitrogens with zero attached hydrogens (tertiary/aromatic N) is 3. The predicted octanol–water partition coefficient (Wildman–Crippen LogP) is 4.07. The van der Waals surface area contributed by atoms with Gasteiger partial charge in [0.15, 0.2) is 0 Å². The normalized spacial score (nSPS) is 16.1. The minimum absolute atomic E-state index is 0.798. The fourth-order valence-electron chi connectivity index (χ4n) is 2.96. The van der Waals surface area contributed by atoms with Gasteiger partial charge in [0.2, 0.25) is 0 Å². The number of rotatable bonds is 3. The maximum atomic E-state index is 5.95. The first kappa shape index (κ1) is 14.9. The van der Waals surface area contributed by atoms with E-state index in [0.29, 0.717) is 0 Å². The minimum Gasteiger partial charge on any atom is -0.368 e. The van der Waals surface area contributed by atoms with Crippen LogP contribution in [0.15, 0.2) is 41.9 Å². The quantitative estimate of drug-likeness (QED) is 0.715. The number of benzene rings is 2. The average molecular weight is 343 g/mol. The maximum Gasteiger partial charge on any atom is 0.0912 e. The minimum atomic E-state index is 0.798. The second kappa shape index (κ2) is 6.48. The molecule has 0 aliphatic carbocycles. The van der Waals surface area contributed by atoms with Crippen molar-refractivity contribution in [3.63, 3.8) is 0 Å². The van der Waals surface area contributed by atoms with E-state index >= 15 is 0 Å². The van der Waals surface area contributed by atoms with Crippen LogP contribution in [0.3, 0.4) is 0 Å². The molecule has 0 saturated carbocycles. The van der Waals surface area contributed by atoms with Crippen molar-refractivity contribution in [3.8, 4) is 0 Å². The van der Waals surface area contributed by atoms with Gasteiger partial charge < -0.3 is 4.90 Å². The summed E-state index contributed by atoms with van der Waals surface area (Å²) in [5.41, 5.74) is 5.35. The molecule has 1 aliphatic heterocycles. The van der Waals surface area contributed by atoms with E-state index in [2.05, 4.69) is 45.1 Å². The van der Waals surface area contributed by atoms with Gasteiger partial charge in [0, 0.05) is 49.5 Å². The van der Waals surface area contributed by atoms with Crippen LogP contribution < -0.4 is 4.90 Å². The van der Waals surface area contributed by atoms with Crippen LogP contribution in [-0.2, 0) is 6.54 Å². The standard InChI is InChI=1S/C18H17ClN3S/c19-15-3-1-14(2-4-15)12-21-7-9-22(10-8-21)16-5-6-18-17(11-16)20-13-23-18/h1-6,13H,7-10,12H2. The summed E-state index contributed by atoms with van der Waals surface area (Å²) in [6, 6.07) is 15.9. The maximum absolute atomic E-state index is 5.95. The number of hydrogen-bond donors (Lipinski definition) is 0. The number of piperazine rings is 1. The number of thiazole rings is 1. The Labute approximate surface area is 145 Å². The molecular weight excluding hydrogens is 326 g/mol. The Morgan fingerprint density at radius 2 is 1.83 bits per heavy atom. The Morgan fingerprint density at radius 3 is 2.61 bits per heavy atom. The van der Waals surface area contributed by atoms with Gasteiger partial charge >= 0.3 is 0 Å². The molecular formula is C18H17ClN3S. The third kappa shape index (κ3) is 3.34. The van der Waals surface area contributed by atoms with E-state index in [-0.39, 0.29) is 0 Å². The molecule has 0 atom stereocenters. The van der Waals surface area contributed by atoms with E-state index in [1.165, 1.54) is 10.3 Å². The topological polar surface area (TPSA) is 19.4 Å². The Morgan fingerprint density at radius 1 is 1.04 bits per heavy atom. The summed E-state index contributed by atoms with van der Waals surface area (Å²) in [5, 5.41) is 0.798. The molecule has 117 valence electrons. The molecule has 4 rings (SSSR count). The monoisotopic (exact) mass is 342 g/mol. The van der Waals surface area contributed by atoms with E-state index < -0.39 is 0 Å². The van der Waals surface area contributed by atoms with Gasteiger partial charge in [-0.2, -0.15) is 0 Å². The first-order chi connectivity index (χ1) is 11.3. The second-order valence-electron chi connectivity index (χ2n) is 5.80. The molecule has 1 aromatic heterocycles. The highest BCUT2D eigenvalue weighted by Gasteiger charge is 2.18. The van der Waals surface area contributed by atoms with Crippen molar-refractivity contribution in [2.24, 2.45) is 0 Å². The van der Waals surface area contributed by atoms with Crippen molar-refractivity contribution in [1.29, 1.82) is 0 Å². The van der Waals surface area contributed by atoms with Crippen molar-refractivity contribution < 1.29 is 0 Å². The van der Waals surface area contributed by atoms with Gasteiger partial charge in [-0.05, 0) is 29.8 Å². The van der Waals surface area contributed by atoms with Crippen LogP contribution in [0.5, 0.6) is 0 Å². The molecule has 1 fully saturated rings. The highest BCUT2D eigenvalue weighted by molar-refractivity contribution is 7.16. The summed E-state index contributed by atoms with van der Waals surface area (Å²) in [5.74, 6) is 0. The predicted molar refractivity (Wildman–Crippen MR) is 97.4 cm³/mol. The molecule has 3 nitrogen and oxygen atoms in total. The van der Waals surface area contributed by atoms with Gasteiger partial charge in [0.05, 0.1) is 15.7 Å². The molecule has 0 amide bonds. The van der Waals surface area contributed by atoms with Crippen LogP contribution in [-0.4, -0.2) is 36.1 Å². The zero-order chi connectivity index (χ0) is 15.6. The van der Waals surface area contributed by atoms with Crippen LogP contribution in [0.25, 0.3) is 10.2 Å². The molecule has 1 radical (unpaired) electrons. The van der Waals surface area contributed by atoms with E-state index in [1.54, 1.807) is 11.3 Å². The fraction of sp³-hybridized carbons (Fsp3) is 0.278. The highest BCUT2D eigenvalue weighted by atomic mass is 35.5. The van der Waals surface area contributed by atoms with Crippen LogP contribution in [0.1, 0.15) is 5.56 Å². The molecule has 1 saturated heterocycles. The van der Waals surface area contributed by atoms with Crippen molar-refractivity contribution in [2.75, 3.05) is 31.1 Å². The molecule has 0 spiro atoms. The SMILES string of the molecule is Clc1ccc(CN2CCN(c3[c]c4ncsc4cc3)CC2)cc1. The van der Waals surface area contributed by atoms with Crippen LogP contribution in [0.4, 0.5) is 5.69 Å². The number of hydrogen-bond acceptors (Lipinski definition) is 4. The molecule has 23 heavy (non-hydrogen) atoms. The van der Waals surface area contributed by atoms with Gasteiger partial charge in [0.1, 0.15) is 0 Å². The number of anilines is 1. The Balaban J connectivity index is 1.39. The van der Waals surface area contributed by atoms with E-state index in [9.17, 15) is 0 Å². The molecule has 3 aromatic rings. The van der Waals surface area contributed by atoms with Gasteiger partial charge in [-0.3, -0.25) is 4.90 Å². The second-order valence-corrected chi connectivity index (χ2v) is 7.12. The summed E-state index contributed by atoms with van der Waals surface area (Å²) in [7, 11) is 0. The number of aromatic nitrogens is 1. The number of halogens is 1. The lowest BCUT2D eigenvalue weighted by Crippen LogP contribution is -2.46. The van der Waals surface area contributed by atoms with Crippen molar-refractivity contribution in [3.05, 3.63) is 58.6 Å². The first-order valence-electron chi connectivity index (χ1n) is 7.75. The summed E-state index contributed by atoms with van der Waals surface area (Å²) in [6.45, 7) is 5.16. The average Bonchev–Trinajstić information content (AvgIpc) is 3.05. The molecule has 2 heterocycles. The van der Waals surface area contributed by atoms with Crippen molar-refractivity contribution >= 4 is 38.8 Å². The van der Waals surface area contributed by atoms with Crippen LogP contribution in [0.2, 0.25) is 5.02 Å². The zero-order valence-electron chi connectivity index (χ0n) is 12.7. The van der Waals surface area contributed by atoms with E-state index in [1.807, 2.05) is 17.6 Å². The van der Waals surface area contributed by atoms with Crippen LogP contribution in [0, 0.1) is 6.07 Å². The summed E-state index contributed by atoms with van der Waals surface area (Å²) in [4.78, 5) is 9.25. The Bertz CT molecular complexity index is 791. The van der Waals surface area contributed by atoms with E-state index in [4.69, 9.17) is 11.6 Å². The summed E-state index contributed by atoms with van der Waals surface area (Å²) < 4.78 is 1.20. The fourth-order valence-corrected chi connectivity index (χ4v) is 3.72. The molecule has 5 heteroatoms. The molecule has 0 N–H and O–H groups in total. The smallest absolute Gasteiger partial charge is 0.0912 e. The Kier molecular flexibility index (Phi) is 4.21. The highest BCUT2D eigenvalue weighted by Crippen LogP contribution is 2.24. The molecule has 0 unspecified atom stereocenters. The largest absolute Gasteiger partial charge is 0.368 e. The third-order valence-electron chi connectivity index (χ3n) is 4.27. The Hall–Kier alpha value is -1.62. The van der Waals surface area contributed by atoms with Gasteiger partial charge in [-0.25, -0.2) is 4.98 Å². The first-order valence-corrected chi connectivity index (χ1v) is 9.01. The summed E-state index contributed by atoms with van der Waals surface area (Å²) in [6.07, 6.45) is 0. The van der Waals surface area contributed by atoms with Crippen molar-refractivity contribution in [1.82, 2.24) is 9.88 Å². The summed E-state index contributed by atoms with van der Waals surface area (Å²) >= 11 is 7.61. The zero-order valence-corrected chi connectivity index (χ0v) is 14.3. The molecule has 2 aromatic carbocycles. The van der Waals surface area contributed by atoms with Crippen molar-refractivity contribution in [2.45, 2.75) is 6.54 Å². The lowest BCUT2D eigenvalue weighted by Gasteiger charge is -2.36. The molecule has 0 bridgehead atoms. The van der Waals surface area contributed by atoms with Crippen LogP contribution >= 0.6 is 22.9 Å². The van der Waals surface area contributed by atoms with Gasteiger partial charge in [-0.1, -0.05) is 23.7 Å². The molecule has 1 aliphatic rings. The number of fused-ring (bicyclic) bond motifs is 1. The van der Waals surface area contributed by atoms with Gasteiger partial charge in [0.25, 0.3) is 0 Å². The van der Waals surface area contributed by atoms with E-state index in [0.717, 1.165) is 49.0 Å². The van der Waals surface area contributed by atoms with Gasteiger partial charge in [-0.15, -0.1) is 11.3 Å². The third-order valence-corrected chi connectivity index (χ3v) is 5.31. The lowest BCUT2D eigenvalue weighted by atomic mass is 10.2. The lowest BCUT2D eigenvalue weighted by molar-refractivity contribution is 0.250.